The number of carbonyl (C=O) groups excluding carboxylic acids is 2. The molecule has 0 saturated carbocycles. The Kier molecular flexibility index (Phi) is 21.5. The zero-order chi connectivity index (χ0) is 37.7. The van der Waals surface area contributed by atoms with Crippen molar-refractivity contribution in [2.75, 3.05) is 38.6 Å². The molecule has 1 aromatic heterocycles. The van der Waals surface area contributed by atoms with E-state index >= 15 is 0 Å². The van der Waals surface area contributed by atoms with Crippen LogP contribution < -0.4 is 21.1 Å². The fraction of sp³-hybridized carbons (Fsp3) is 0.459. The van der Waals surface area contributed by atoms with Gasteiger partial charge in [-0.05, 0) is 77.0 Å². The molecule has 49 heavy (non-hydrogen) atoms. The third-order valence-corrected chi connectivity index (χ3v) is 6.60. The quantitative estimate of drug-likeness (QED) is 0.129. The van der Waals surface area contributed by atoms with Gasteiger partial charge in [0.1, 0.15) is 17.4 Å². The zero-order valence-electron chi connectivity index (χ0n) is 31.1. The average molecular weight is 687 g/mol. The lowest BCUT2D eigenvalue weighted by atomic mass is 10.1. The summed E-state index contributed by atoms with van der Waals surface area (Å²) in [5.41, 5.74) is 8.20. The Balaban J connectivity index is 0.00000106. The summed E-state index contributed by atoms with van der Waals surface area (Å²) < 4.78 is 39.0. The Hall–Kier alpha value is -4.58. The van der Waals surface area contributed by atoms with Gasteiger partial charge < -0.3 is 30.5 Å². The summed E-state index contributed by atoms with van der Waals surface area (Å²) in [4.78, 5) is 29.5. The standard InChI is InChI=1S/C22H22F2N4O3.C9H20N2O.C4H8.C2H6/c1-11(2)19(25)12(3)22-27-20(28-31-22)15-9-18(17(24)10-16(15)23)26-21(29)13-6-5-7-14(8-13)30-4;1-4-11(5-2)8-6-7-10-9(3)12;1-4(2)3;1-2/h5-11H,25H2,1-4H3,(H,26,29);4-8H2,1-3H3,(H,10,12);1H2,2-3H3;1-2H3/b19-12-;;;. The van der Waals surface area contributed by atoms with Crippen LogP contribution in [0, 0.1) is 17.6 Å². The summed E-state index contributed by atoms with van der Waals surface area (Å²) in [6, 6.07) is 8.10. The van der Waals surface area contributed by atoms with E-state index in [4.69, 9.17) is 15.0 Å². The van der Waals surface area contributed by atoms with Crippen LogP contribution in [0.5, 0.6) is 5.75 Å². The number of hydrogen-bond acceptors (Lipinski definition) is 8. The first kappa shape index (κ1) is 44.4. The summed E-state index contributed by atoms with van der Waals surface area (Å²) in [5.74, 6) is -1.81. The molecule has 272 valence electrons. The van der Waals surface area contributed by atoms with Crippen molar-refractivity contribution < 1.29 is 27.6 Å². The first-order valence-electron chi connectivity index (χ1n) is 16.5. The summed E-state index contributed by atoms with van der Waals surface area (Å²) in [6.07, 6.45) is 1.04. The van der Waals surface area contributed by atoms with Gasteiger partial charge in [0.15, 0.2) is 0 Å². The molecule has 0 aliphatic carbocycles. The molecule has 0 fully saturated rings. The highest BCUT2D eigenvalue weighted by molar-refractivity contribution is 6.04. The normalized spacial score (nSPS) is 10.8. The van der Waals surface area contributed by atoms with Gasteiger partial charge in [-0.25, -0.2) is 8.78 Å². The summed E-state index contributed by atoms with van der Waals surface area (Å²) in [7, 11) is 1.47. The number of benzene rings is 2. The van der Waals surface area contributed by atoms with Crippen molar-refractivity contribution in [3.05, 3.63) is 77.3 Å². The molecular formula is C37H56F2N6O4. The smallest absolute Gasteiger partial charge is 0.255 e. The summed E-state index contributed by atoms with van der Waals surface area (Å²) in [6.45, 7) is 27.0. The predicted molar refractivity (Wildman–Crippen MR) is 195 cm³/mol. The third-order valence-electron chi connectivity index (χ3n) is 6.60. The fourth-order valence-electron chi connectivity index (χ4n) is 3.92. The number of methoxy groups -OCH3 is 1. The van der Waals surface area contributed by atoms with Crippen LogP contribution in [0.25, 0.3) is 17.0 Å². The number of halogens is 2. The van der Waals surface area contributed by atoms with Gasteiger partial charge in [0.25, 0.3) is 11.8 Å². The number of aromatic nitrogens is 2. The van der Waals surface area contributed by atoms with Crippen molar-refractivity contribution in [1.29, 1.82) is 0 Å². The van der Waals surface area contributed by atoms with Crippen LogP contribution in [0.4, 0.5) is 14.5 Å². The zero-order valence-corrected chi connectivity index (χ0v) is 31.1. The number of rotatable bonds is 12. The molecule has 12 heteroatoms. The molecule has 0 bridgehead atoms. The molecule has 2 aromatic carbocycles. The maximum Gasteiger partial charge on any atom is 0.255 e. The van der Waals surface area contributed by atoms with Crippen LogP contribution in [-0.4, -0.2) is 60.1 Å². The van der Waals surface area contributed by atoms with Gasteiger partial charge in [-0.15, -0.1) is 6.58 Å². The number of nitrogens with zero attached hydrogens (tertiary/aromatic N) is 3. The van der Waals surface area contributed by atoms with Crippen molar-refractivity contribution in [2.45, 2.75) is 75.7 Å². The second-order valence-corrected chi connectivity index (χ2v) is 11.2. The largest absolute Gasteiger partial charge is 0.497 e. The van der Waals surface area contributed by atoms with E-state index in [-0.39, 0.29) is 40.4 Å². The topological polar surface area (TPSA) is 136 Å². The summed E-state index contributed by atoms with van der Waals surface area (Å²) in [5, 5.41) is 8.98. The van der Waals surface area contributed by atoms with E-state index in [1.165, 1.54) is 18.7 Å². The number of nitrogens with two attached hydrogens (primary N) is 1. The lowest BCUT2D eigenvalue weighted by Gasteiger charge is -2.17. The average Bonchev–Trinajstić information content (AvgIpc) is 3.56. The molecule has 0 saturated heterocycles. The van der Waals surface area contributed by atoms with E-state index in [0.29, 0.717) is 23.1 Å². The molecule has 2 amide bonds. The molecule has 0 atom stereocenters. The SMILES string of the molecule is C=C(C)C.CC.CCN(CC)CCCNC(C)=O.COc1cccc(C(=O)Nc2cc(-c3noc(/C(C)=C(\N)C(C)C)n3)c(F)cc2F)c1. The van der Waals surface area contributed by atoms with Crippen molar-refractivity contribution in [1.82, 2.24) is 20.4 Å². The Morgan fingerprint density at radius 2 is 1.65 bits per heavy atom. The molecule has 4 N–H and O–H groups in total. The van der Waals surface area contributed by atoms with Gasteiger partial charge in [0.05, 0.1) is 18.4 Å². The number of hydrogen-bond donors (Lipinski definition) is 3. The van der Waals surface area contributed by atoms with E-state index < -0.39 is 17.5 Å². The van der Waals surface area contributed by atoms with E-state index in [2.05, 4.69) is 46.1 Å². The molecule has 10 nitrogen and oxygen atoms in total. The molecule has 0 spiro atoms. The van der Waals surface area contributed by atoms with Crippen LogP contribution >= 0.6 is 0 Å². The van der Waals surface area contributed by atoms with Gasteiger partial charge >= 0.3 is 0 Å². The van der Waals surface area contributed by atoms with E-state index in [1.807, 2.05) is 41.5 Å². The van der Waals surface area contributed by atoms with Gasteiger partial charge in [-0.3, -0.25) is 9.59 Å². The van der Waals surface area contributed by atoms with Crippen LogP contribution in [-0.2, 0) is 4.79 Å². The molecule has 0 aliphatic heterocycles. The van der Waals surface area contributed by atoms with E-state index in [9.17, 15) is 18.4 Å². The van der Waals surface area contributed by atoms with Gasteiger partial charge in [0.2, 0.25) is 11.7 Å². The predicted octanol–water partition coefficient (Wildman–Crippen LogP) is 8.08. The summed E-state index contributed by atoms with van der Waals surface area (Å²) >= 11 is 0. The van der Waals surface area contributed by atoms with Gasteiger partial charge in [-0.1, -0.05) is 58.3 Å². The highest BCUT2D eigenvalue weighted by Gasteiger charge is 2.20. The number of nitrogens with one attached hydrogen (secondary N) is 2. The second kappa shape index (κ2) is 23.7. The molecular weight excluding hydrogens is 630 g/mol. The molecule has 0 unspecified atom stereocenters. The molecule has 0 aliphatic rings. The Labute approximate surface area is 291 Å². The van der Waals surface area contributed by atoms with Crippen molar-refractivity contribution >= 4 is 23.1 Å². The lowest BCUT2D eigenvalue weighted by Crippen LogP contribution is -2.28. The fourth-order valence-corrected chi connectivity index (χ4v) is 3.92. The first-order chi connectivity index (χ1) is 23.1. The maximum absolute atomic E-state index is 14.4. The molecule has 1 heterocycles. The second-order valence-electron chi connectivity index (χ2n) is 11.2. The molecule has 0 radical (unpaired) electrons. The van der Waals surface area contributed by atoms with Crippen LogP contribution in [0.15, 0.2) is 58.8 Å². The van der Waals surface area contributed by atoms with Crippen LogP contribution in [0.1, 0.15) is 91.9 Å². The third kappa shape index (κ3) is 16.4. The number of anilines is 1. The van der Waals surface area contributed by atoms with Crippen LogP contribution in [0.3, 0.4) is 0 Å². The number of ether oxygens (including phenoxy) is 1. The van der Waals surface area contributed by atoms with E-state index in [1.54, 1.807) is 32.0 Å². The first-order valence-corrected chi connectivity index (χ1v) is 16.5. The highest BCUT2D eigenvalue weighted by Crippen LogP contribution is 2.29. The maximum atomic E-state index is 14.4. The monoisotopic (exact) mass is 686 g/mol. The Bertz CT molecular complexity index is 1500. The van der Waals surface area contributed by atoms with E-state index in [0.717, 1.165) is 38.7 Å². The highest BCUT2D eigenvalue weighted by atomic mass is 19.1. The van der Waals surface area contributed by atoms with Gasteiger partial charge in [-0.2, -0.15) is 4.98 Å². The number of amides is 2. The Morgan fingerprint density at radius 3 is 2.18 bits per heavy atom. The van der Waals surface area contributed by atoms with Gasteiger partial charge in [0, 0.05) is 36.4 Å². The van der Waals surface area contributed by atoms with Crippen LogP contribution in [0.2, 0.25) is 0 Å². The molecule has 3 aromatic rings. The number of carbonyl (C=O) groups is 2. The van der Waals surface area contributed by atoms with Crippen molar-refractivity contribution in [3.8, 4) is 17.1 Å². The van der Waals surface area contributed by atoms with Crippen molar-refractivity contribution in [2.24, 2.45) is 11.7 Å². The minimum absolute atomic E-state index is 0.0522. The minimum Gasteiger partial charge on any atom is -0.497 e. The lowest BCUT2D eigenvalue weighted by molar-refractivity contribution is -0.118. The van der Waals surface area contributed by atoms with Crippen molar-refractivity contribution in [3.63, 3.8) is 0 Å². The molecule has 3 rings (SSSR count). The number of allylic oxidation sites excluding steroid dienone is 3. The Morgan fingerprint density at radius 1 is 1.04 bits per heavy atom. The minimum atomic E-state index is -0.943.